The summed E-state index contributed by atoms with van der Waals surface area (Å²) in [7, 11) is -1.88. The highest BCUT2D eigenvalue weighted by molar-refractivity contribution is 7.98. The number of hydrogen-bond acceptors (Lipinski definition) is 5. The minimum Gasteiger partial charge on any atom is -0.311 e. The summed E-state index contributed by atoms with van der Waals surface area (Å²) in [6, 6.07) is -0.00807. The number of nitrogens with one attached hydrogen (secondary N) is 2. The third kappa shape index (κ3) is 4.21. The quantitative estimate of drug-likeness (QED) is 0.717. The summed E-state index contributed by atoms with van der Waals surface area (Å²) < 4.78 is 27.3. The highest BCUT2D eigenvalue weighted by Gasteiger charge is 2.31. The molecule has 8 heteroatoms. The predicted molar refractivity (Wildman–Crippen MR) is 88.1 cm³/mol. The molecule has 0 amide bonds. The molecule has 0 bridgehead atoms. The highest BCUT2D eigenvalue weighted by atomic mass is 32.2. The number of thioether (sulfide) groups is 1. The minimum absolute atomic E-state index is 0.00807. The van der Waals surface area contributed by atoms with Crippen molar-refractivity contribution < 1.29 is 8.42 Å². The maximum atomic E-state index is 12.9. The number of aromatic nitrogens is 2. The van der Waals surface area contributed by atoms with Crippen LogP contribution in [-0.2, 0) is 16.6 Å². The van der Waals surface area contributed by atoms with Crippen LogP contribution in [0.5, 0.6) is 0 Å². The first kappa shape index (κ1) is 18.5. The van der Waals surface area contributed by atoms with Crippen LogP contribution in [0.3, 0.4) is 0 Å². The van der Waals surface area contributed by atoms with Gasteiger partial charge in [-0.3, -0.25) is 5.10 Å². The molecule has 0 spiro atoms. The van der Waals surface area contributed by atoms with Crippen LogP contribution in [-0.4, -0.2) is 54.6 Å². The molecular weight excluding hydrogens is 308 g/mol. The van der Waals surface area contributed by atoms with Crippen molar-refractivity contribution in [3.8, 4) is 0 Å². The fourth-order valence-electron chi connectivity index (χ4n) is 2.19. The Bertz CT molecular complexity index is 542. The van der Waals surface area contributed by atoms with E-state index >= 15 is 0 Å². The molecule has 1 atom stereocenters. The molecule has 21 heavy (non-hydrogen) atoms. The molecule has 1 rings (SSSR count). The third-order valence-corrected chi connectivity index (χ3v) is 6.32. The Hall–Kier alpha value is -0.570. The van der Waals surface area contributed by atoms with E-state index < -0.39 is 10.0 Å². The second-order valence-corrected chi connectivity index (χ2v) is 7.79. The van der Waals surface area contributed by atoms with Crippen LogP contribution in [0.2, 0.25) is 0 Å². The van der Waals surface area contributed by atoms with Crippen LogP contribution in [0.25, 0.3) is 0 Å². The molecule has 0 aliphatic heterocycles. The Balaban J connectivity index is 3.14. The lowest BCUT2D eigenvalue weighted by atomic mass is 10.3. The fraction of sp³-hybridized carbons (Fsp3) is 0.769. The molecular formula is C13H26N4O2S2. The van der Waals surface area contributed by atoms with Crippen LogP contribution < -0.4 is 5.32 Å². The van der Waals surface area contributed by atoms with Crippen molar-refractivity contribution in [2.45, 2.75) is 44.7 Å². The van der Waals surface area contributed by atoms with E-state index in [1.165, 1.54) is 4.31 Å². The lowest BCUT2D eigenvalue weighted by Gasteiger charge is -2.26. The lowest BCUT2D eigenvalue weighted by Crippen LogP contribution is -2.39. The molecule has 2 N–H and O–H groups in total. The normalized spacial score (nSPS) is 13.8. The van der Waals surface area contributed by atoms with Gasteiger partial charge >= 0.3 is 0 Å². The molecule has 0 saturated heterocycles. The Kier molecular flexibility index (Phi) is 7.19. The maximum Gasteiger partial charge on any atom is 0.246 e. The van der Waals surface area contributed by atoms with Crippen molar-refractivity contribution >= 4 is 21.8 Å². The first-order chi connectivity index (χ1) is 9.89. The van der Waals surface area contributed by atoms with Crippen LogP contribution in [0.1, 0.15) is 31.7 Å². The van der Waals surface area contributed by atoms with Crippen molar-refractivity contribution in [1.29, 1.82) is 0 Å². The lowest BCUT2D eigenvalue weighted by molar-refractivity contribution is 0.385. The van der Waals surface area contributed by atoms with Crippen molar-refractivity contribution in [3.05, 3.63) is 11.4 Å². The molecule has 6 nitrogen and oxygen atoms in total. The van der Waals surface area contributed by atoms with E-state index in [2.05, 4.69) is 15.5 Å². The van der Waals surface area contributed by atoms with Gasteiger partial charge < -0.3 is 5.32 Å². The summed E-state index contributed by atoms with van der Waals surface area (Å²) in [5, 5.41) is 10.1. The van der Waals surface area contributed by atoms with Gasteiger partial charge in [0, 0.05) is 25.4 Å². The van der Waals surface area contributed by atoms with Gasteiger partial charge in [-0.15, -0.1) is 0 Å². The van der Waals surface area contributed by atoms with Gasteiger partial charge in [0.05, 0.1) is 11.4 Å². The number of aryl methyl sites for hydroxylation is 1. The molecule has 0 saturated carbocycles. The van der Waals surface area contributed by atoms with Crippen LogP contribution in [0, 0.1) is 6.92 Å². The van der Waals surface area contributed by atoms with Crippen molar-refractivity contribution in [2.75, 3.05) is 25.6 Å². The zero-order valence-electron chi connectivity index (χ0n) is 13.4. The molecule has 0 aromatic carbocycles. The number of hydrogen-bond donors (Lipinski definition) is 2. The van der Waals surface area contributed by atoms with Gasteiger partial charge in [-0.1, -0.05) is 13.8 Å². The molecule has 1 aromatic rings. The van der Waals surface area contributed by atoms with E-state index in [9.17, 15) is 8.42 Å². The number of rotatable bonds is 9. The Morgan fingerprint density at radius 2 is 2.10 bits per heavy atom. The maximum absolute atomic E-state index is 12.9. The van der Waals surface area contributed by atoms with Gasteiger partial charge in [-0.25, -0.2) is 8.42 Å². The first-order valence-corrected chi connectivity index (χ1v) is 9.94. The van der Waals surface area contributed by atoms with Crippen molar-refractivity contribution in [1.82, 2.24) is 19.8 Å². The van der Waals surface area contributed by atoms with E-state index in [-0.39, 0.29) is 6.04 Å². The molecule has 0 radical (unpaired) electrons. The third-order valence-electron chi connectivity index (χ3n) is 3.49. The molecule has 1 unspecified atom stereocenters. The van der Waals surface area contributed by atoms with Crippen LogP contribution >= 0.6 is 11.8 Å². The number of sulfonamides is 1. The van der Waals surface area contributed by atoms with E-state index in [0.717, 1.165) is 18.7 Å². The summed E-state index contributed by atoms with van der Waals surface area (Å²) in [4.78, 5) is 0.311. The SMILES string of the molecule is CCNCc1n[nH]c(C)c1S(=O)(=O)N(C)C(CC)CSC. The van der Waals surface area contributed by atoms with Gasteiger partial charge in [0.2, 0.25) is 10.0 Å². The molecule has 1 heterocycles. The second kappa shape index (κ2) is 8.17. The average Bonchev–Trinajstić information content (AvgIpc) is 2.83. The molecule has 0 aliphatic carbocycles. The van der Waals surface area contributed by atoms with Crippen molar-refractivity contribution in [3.63, 3.8) is 0 Å². The highest BCUT2D eigenvalue weighted by Crippen LogP contribution is 2.24. The largest absolute Gasteiger partial charge is 0.311 e. The topological polar surface area (TPSA) is 78.1 Å². The second-order valence-electron chi connectivity index (χ2n) is 4.94. The Labute approximate surface area is 132 Å². The van der Waals surface area contributed by atoms with Gasteiger partial charge in [0.25, 0.3) is 0 Å². The summed E-state index contributed by atoms with van der Waals surface area (Å²) in [6.07, 6.45) is 2.78. The standard InChI is InChI=1S/C13H26N4O2S2/c1-6-11(9-20-5)17(4)21(18,19)13-10(3)15-16-12(13)8-14-7-2/h11,14H,6-9H2,1-5H3,(H,15,16). The molecule has 0 fully saturated rings. The summed E-state index contributed by atoms with van der Waals surface area (Å²) in [5.41, 5.74) is 1.15. The summed E-state index contributed by atoms with van der Waals surface area (Å²) in [5.74, 6) is 0.783. The number of nitrogens with zero attached hydrogens (tertiary/aromatic N) is 2. The number of H-pyrrole nitrogens is 1. The predicted octanol–water partition coefficient (Wildman–Crippen LogP) is 1.59. The number of aromatic amines is 1. The average molecular weight is 335 g/mol. The Morgan fingerprint density at radius 1 is 1.43 bits per heavy atom. The van der Waals surface area contributed by atoms with Crippen molar-refractivity contribution in [2.24, 2.45) is 0 Å². The van der Waals surface area contributed by atoms with E-state index in [1.807, 2.05) is 20.1 Å². The van der Waals surface area contributed by atoms with Gasteiger partial charge in [0.15, 0.2) is 0 Å². The monoisotopic (exact) mass is 334 g/mol. The van der Waals surface area contributed by atoms with Crippen LogP contribution in [0.4, 0.5) is 0 Å². The molecule has 122 valence electrons. The smallest absolute Gasteiger partial charge is 0.246 e. The van der Waals surface area contributed by atoms with E-state index in [1.54, 1.807) is 25.7 Å². The van der Waals surface area contributed by atoms with E-state index in [0.29, 0.717) is 22.8 Å². The Morgan fingerprint density at radius 3 is 2.62 bits per heavy atom. The summed E-state index contributed by atoms with van der Waals surface area (Å²) >= 11 is 1.66. The first-order valence-electron chi connectivity index (χ1n) is 7.11. The zero-order valence-corrected chi connectivity index (χ0v) is 15.1. The van der Waals surface area contributed by atoms with Gasteiger partial charge in [0.1, 0.15) is 4.90 Å². The molecule has 0 aliphatic rings. The van der Waals surface area contributed by atoms with Gasteiger partial charge in [-0.2, -0.15) is 21.2 Å². The van der Waals surface area contributed by atoms with E-state index in [4.69, 9.17) is 0 Å². The molecule has 1 aromatic heterocycles. The summed E-state index contributed by atoms with van der Waals surface area (Å²) in [6.45, 7) is 6.95. The van der Waals surface area contributed by atoms with Crippen LogP contribution in [0.15, 0.2) is 4.90 Å². The fourth-order valence-corrected chi connectivity index (χ4v) is 4.88. The minimum atomic E-state index is -3.53. The zero-order chi connectivity index (χ0) is 16.0. The van der Waals surface area contributed by atoms with Gasteiger partial charge in [-0.05, 0) is 26.1 Å².